The molecule has 0 aliphatic carbocycles. The van der Waals surface area contributed by atoms with Crippen molar-refractivity contribution >= 4 is 34.7 Å². The minimum Gasteiger partial charge on any atom is -0.348 e. The Bertz CT molecular complexity index is 1170. The van der Waals surface area contributed by atoms with E-state index in [2.05, 4.69) is 15.6 Å². The molecule has 8 heteroatoms. The molecule has 2 N–H and O–H groups in total. The summed E-state index contributed by atoms with van der Waals surface area (Å²) in [6.45, 7) is 1.65. The normalized spacial score (nSPS) is 18.0. The van der Waals surface area contributed by atoms with Crippen molar-refractivity contribution in [1.82, 2.24) is 15.2 Å². The Morgan fingerprint density at radius 3 is 2.73 bits per heavy atom. The Balaban J connectivity index is 1.27. The largest absolute Gasteiger partial charge is 0.348 e. The number of pyridine rings is 1. The second kappa shape index (κ2) is 9.15. The van der Waals surface area contributed by atoms with Crippen LogP contribution in [0.25, 0.3) is 0 Å². The molecule has 2 aromatic heterocycles. The quantitative estimate of drug-likeness (QED) is 0.608. The first kappa shape index (κ1) is 21.3. The molecule has 33 heavy (non-hydrogen) atoms. The van der Waals surface area contributed by atoms with Gasteiger partial charge in [0.15, 0.2) is 0 Å². The number of hydrogen-bond acceptors (Lipinski definition) is 5. The van der Waals surface area contributed by atoms with E-state index >= 15 is 0 Å². The van der Waals surface area contributed by atoms with E-state index in [9.17, 15) is 14.4 Å². The number of benzene rings is 1. The highest BCUT2D eigenvalue weighted by molar-refractivity contribution is 7.12. The van der Waals surface area contributed by atoms with E-state index < -0.39 is 0 Å². The summed E-state index contributed by atoms with van der Waals surface area (Å²) in [4.78, 5) is 44.9. The number of likely N-dealkylation sites (tertiary alicyclic amines) is 1. The number of nitrogens with zero attached hydrogens (tertiary/aromatic N) is 2. The molecular weight excluding hydrogens is 436 g/mol. The summed E-state index contributed by atoms with van der Waals surface area (Å²) in [6.07, 6.45) is 4.92. The lowest BCUT2D eigenvalue weighted by molar-refractivity contribution is -0.118. The van der Waals surface area contributed by atoms with Gasteiger partial charge >= 0.3 is 0 Å². The zero-order valence-electron chi connectivity index (χ0n) is 18.0. The van der Waals surface area contributed by atoms with Crippen LogP contribution in [0, 0.1) is 5.92 Å². The molecule has 168 valence electrons. The predicted octanol–water partition coefficient (Wildman–Crippen LogP) is 3.66. The molecule has 0 saturated carbocycles. The third-order valence-corrected chi connectivity index (χ3v) is 7.25. The number of hydrogen-bond donors (Lipinski definition) is 2. The van der Waals surface area contributed by atoms with Crippen LogP contribution in [0.15, 0.2) is 60.2 Å². The van der Waals surface area contributed by atoms with Crippen LogP contribution in [0.4, 0.5) is 5.69 Å². The smallest absolute Gasteiger partial charge is 0.263 e. The zero-order chi connectivity index (χ0) is 22.8. The van der Waals surface area contributed by atoms with Gasteiger partial charge in [-0.25, -0.2) is 0 Å². The molecule has 1 aromatic carbocycles. The van der Waals surface area contributed by atoms with E-state index in [1.54, 1.807) is 18.5 Å². The summed E-state index contributed by atoms with van der Waals surface area (Å²) < 4.78 is 0. The van der Waals surface area contributed by atoms with E-state index in [0.717, 1.165) is 34.5 Å². The van der Waals surface area contributed by atoms with Gasteiger partial charge in [-0.3, -0.25) is 19.4 Å². The molecule has 7 nitrogen and oxygen atoms in total. The molecule has 2 aliphatic heterocycles. The van der Waals surface area contributed by atoms with Gasteiger partial charge in [0.1, 0.15) is 0 Å². The Labute approximate surface area is 195 Å². The molecule has 0 radical (unpaired) electrons. The summed E-state index contributed by atoms with van der Waals surface area (Å²) in [5, 5.41) is 7.79. The van der Waals surface area contributed by atoms with Crippen LogP contribution in [0.3, 0.4) is 0 Å². The maximum atomic E-state index is 12.8. The lowest BCUT2D eigenvalue weighted by atomic mass is 9.80. The molecule has 3 amide bonds. The van der Waals surface area contributed by atoms with Gasteiger partial charge in [-0.1, -0.05) is 12.1 Å². The number of rotatable bonds is 5. The van der Waals surface area contributed by atoms with Gasteiger partial charge in [0.05, 0.1) is 10.8 Å². The lowest BCUT2D eigenvalue weighted by Gasteiger charge is -2.34. The zero-order valence-corrected chi connectivity index (χ0v) is 18.8. The van der Waals surface area contributed by atoms with Crippen LogP contribution < -0.4 is 10.6 Å². The van der Waals surface area contributed by atoms with E-state index in [4.69, 9.17) is 0 Å². The fourth-order valence-electron chi connectivity index (χ4n) is 4.67. The topological polar surface area (TPSA) is 91.4 Å². The average Bonchev–Trinajstić information content (AvgIpc) is 3.50. The van der Waals surface area contributed by atoms with Gasteiger partial charge in [-0.05, 0) is 65.6 Å². The minimum atomic E-state index is -0.301. The van der Waals surface area contributed by atoms with Crippen molar-refractivity contribution in [3.8, 4) is 0 Å². The number of piperidine rings is 1. The van der Waals surface area contributed by atoms with E-state index in [0.29, 0.717) is 25.2 Å². The van der Waals surface area contributed by atoms with Crippen LogP contribution in [-0.2, 0) is 11.3 Å². The molecule has 0 bridgehead atoms. The van der Waals surface area contributed by atoms with Crippen molar-refractivity contribution in [2.45, 2.75) is 25.3 Å². The molecule has 5 rings (SSSR count). The number of nitrogens with one attached hydrogen (secondary N) is 2. The number of aromatic nitrogens is 1. The van der Waals surface area contributed by atoms with Gasteiger partial charge in [-0.2, -0.15) is 0 Å². The fraction of sp³-hybridized carbons (Fsp3) is 0.280. The summed E-state index contributed by atoms with van der Waals surface area (Å²) in [7, 11) is 0. The minimum absolute atomic E-state index is 0.0269. The van der Waals surface area contributed by atoms with Gasteiger partial charge < -0.3 is 15.5 Å². The summed E-state index contributed by atoms with van der Waals surface area (Å²) in [5.41, 5.74) is 3.10. The van der Waals surface area contributed by atoms with Crippen LogP contribution in [-0.4, -0.2) is 40.7 Å². The highest BCUT2D eigenvalue weighted by Crippen LogP contribution is 2.42. The first-order valence-electron chi connectivity index (χ1n) is 11.0. The Kier molecular flexibility index (Phi) is 5.92. The van der Waals surface area contributed by atoms with Crippen molar-refractivity contribution in [3.05, 3.63) is 81.8 Å². The van der Waals surface area contributed by atoms with Crippen molar-refractivity contribution < 1.29 is 14.4 Å². The number of fused-ring (bicyclic) bond motifs is 1. The van der Waals surface area contributed by atoms with E-state index in [-0.39, 0.29) is 29.6 Å². The third kappa shape index (κ3) is 4.39. The Morgan fingerprint density at radius 2 is 2.00 bits per heavy atom. The highest BCUT2D eigenvalue weighted by atomic mass is 32.1. The van der Waals surface area contributed by atoms with Crippen molar-refractivity contribution in [2.75, 3.05) is 18.4 Å². The molecule has 0 unspecified atom stereocenters. The first-order chi connectivity index (χ1) is 16.1. The lowest BCUT2D eigenvalue weighted by Crippen LogP contribution is -2.40. The van der Waals surface area contributed by atoms with Crippen LogP contribution in [0.2, 0.25) is 0 Å². The molecule has 1 saturated heterocycles. The monoisotopic (exact) mass is 460 g/mol. The molecule has 2 aliphatic rings. The summed E-state index contributed by atoms with van der Waals surface area (Å²) in [6, 6.07) is 12.8. The Hall–Kier alpha value is -3.52. The second-order valence-corrected chi connectivity index (χ2v) is 9.37. The van der Waals surface area contributed by atoms with Crippen molar-refractivity contribution in [2.24, 2.45) is 5.92 Å². The molecule has 3 aromatic rings. The van der Waals surface area contributed by atoms with Crippen LogP contribution in [0.5, 0.6) is 0 Å². The molecule has 0 spiro atoms. The maximum absolute atomic E-state index is 12.8. The summed E-state index contributed by atoms with van der Waals surface area (Å²) >= 11 is 1.45. The number of anilines is 1. The molecule has 1 atom stereocenters. The number of thiophene rings is 1. The third-order valence-electron chi connectivity index (χ3n) is 6.40. The first-order valence-corrected chi connectivity index (χ1v) is 11.9. The fourth-order valence-corrected chi connectivity index (χ4v) is 5.36. The predicted molar refractivity (Wildman–Crippen MR) is 126 cm³/mol. The highest BCUT2D eigenvalue weighted by Gasteiger charge is 2.39. The maximum Gasteiger partial charge on any atom is 0.263 e. The van der Waals surface area contributed by atoms with Crippen molar-refractivity contribution in [1.29, 1.82) is 0 Å². The van der Waals surface area contributed by atoms with Gasteiger partial charge in [0.2, 0.25) is 5.91 Å². The Morgan fingerprint density at radius 1 is 1.15 bits per heavy atom. The molecule has 1 fully saturated rings. The van der Waals surface area contributed by atoms with Crippen LogP contribution in [0.1, 0.15) is 49.9 Å². The van der Waals surface area contributed by atoms with E-state index in [1.165, 1.54) is 11.3 Å². The standard InChI is InChI=1S/C25H24N4O3S/c30-23(27-15-16-3-1-9-26-14-16)18-5-6-20-19(13-18)22(24(31)28-20)17-7-10-29(11-8-17)25(32)21-4-2-12-33-21/h1-6,9,12-14,17,22H,7-8,10-11,15H2,(H,27,30)(H,28,31)/t22-/m0/s1. The molecule has 4 heterocycles. The van der Waals surface area contributed by atoms with E-state index in [1.807, 2.05) is 46.7 Å². The SMILES string of the molecule is O=C(NCc1cccnc1)c1ccc2c(c1)[C@H](C1CCN(C(=O)c3cccs3)CC1)C(=O)N2. The number of amides is 3. The van der Waals surface area contributed by atoms with Crippen LogP contribution >= 0.6 is 11.3 Å². The van der Waals surface area contributed by atoms with Gasteiger partial charge in [0.25, 0.3) is 11.8 Å². The second-order valence-electron chi connectivity index (χ2n) is 8.42. The van der Waals surface area contributed by atoms with Gasteiger partial charge in [0, 0.05) is 43.3 Å². The molecular formula is C25H24N4O3S. The van der Waals surface area contributed by atoms with Gasteiger partial charge in [-0.15, -0.1) is 11.3 Å². The number of carbonyl (C=O) groups excluding carboxylic acids is 3. The van der Waals surface area contributed by atoms with Crippen molar-refractivity contribution in [3.63, 3.8) is 0 Å². The summed E-state index contributed by atoms with van der Waals surface area (Å²) in [5.74, 6) is -0.318. The average molecular weight is 461 g/mol. The number of carbonyl (C=O) groups is 3.